The molecule has 2 nitrogen and oxygen atoms in total. The van der Waals surface area contributed by atoms with Crippen LogP contribution in [0, 0.1) is 6.88 Å². The molecule has 2 aromatic heterocycles. The normalized spacial score (nSPS) is 12.4. The highest BCUT2D eigenvalue weighted by Crippen LogP contribution is 2.46. The molecular formula is C43H28N2. The standard InChI is InChI=1S/C43H28N2/c1-27-19-20-29-21-22-30-23-26-39(45-43(30)42(29)44-27)33-24-25-38(32-14-6-5-13-31(32)33)41-36-17-9-7-15-34(36)40(28-11-3-2-4-12-28)35-16-8-10-18-37(35)41/h2-26H,1H3/i1D2. The molecular weight excluding hydrogens is 544 g/mol. The lowest BCUT2D eigenvalue weighted by Crippen LogP contribution is -1.93. The van der Waals surface area contributed by atoms with Crippen LogP contribution in [-0.2, 0) is 0 Å². The summed E-state index contributed by atoms with van der Waals surface area (Å²) >= 11 is 0. The van der Waals surface area contributed by atoms with E-state index in [1.807, 2.05) is 12.1 Å². The van der Waals surface area contributed by atoms with Crippen molar-refractivity contribution in [1.29, 1.82) is 0 Å². The van der Waals surface area contributed by atoms with Crippen molar-refractivity contribution >= 4 is 54.1 Å². The van der Waals surface area contributed by atoms with Crippen molar-refractivity contribution in [3.63, 3.8) is 0 Å². The van der Waals surface area contributed by atoms with Gasteiger partial charge in [0.2, 0.25) is 0 Å². The molecule has 7 aromatic carbocycles. The Hall–Kier alpha value is -5.86. The summed E-state index contributed by atoms with van der Waals surface area (Å²) in [5.41, 5.74) is 8.73. The van der Waals surface area contributed by atoms with Gasteiger partial charge in [-0.15, -0.1) is 0 Å². The molecule has 0 aliphatic carbocycles. The second-order valence-corrected chi connectivity index (χ2v) is 11.6. The fraction of sp³-hybridized carbons (Fsp3) is 0.0233. The first kappa shape index (κ1) is 23.6. The van der Waals surface area contributed by atoms with Gasteiger partial charge in [0.25, 0.3) is 0 Å². The van der Waals surface area contributed by atoms with E-state index in [1.54, 1.807) is 6.07 Å². The molecule has 210 valence electrons. The van der Waals surface area contributed by atoms with E-state index in [1.165, 1.54) is 49.2 Å². The topological polar surface area (TPSA) is 25.8 Å². The van der Waals surface area contributed by atoms with Gasteiger partial charge in [0.1, 0.15) is 0 Å². The van der Waals surface area contributed by atoms with Crippen LogP contribution in [0.15, 0.2) is 152 Å². The smallest absolute Gasteiger partial charge is 0.0972 e. The van der Waals surface area contributed by atoms with E-state index >= 15 is 0 Å². The van der Waals surface area contributed by atoms with Crippen molar-refractivity contribution in [2.45, 2.75) is 6.88 Å². The highest BCUT2D eigenvalue weighted by Gasteiger charge is 2.19. The molecule has 0 spiro atoms. The molecule has 0 radical (unpaired) electrons. The molecule has 0 fully saturated rings. The molecule has 2 heteroatoms. The van der Waals surface area contributed by atoms with Gasteiger partial charge in [-0.25, -0.2) is 4.98 Å². The van der Waals surface area contributed by atoms with Crippen molar-refractivity contribution in [2.24, 2.45) is 0 Å². The van der Waals surface area contributed by atoms with E-state index in [2.05, 4.69) is 133 Å². The monoisotopic (exact) mass is 574 g/mol. The zero-order chi connectivity index (χ0) is 31.5. The number of aromatic nitrogens is 2. The molecule has 45 heavy (non-hydrogen) atoms. The fourth-order valence-electron chi connectivity index (χ4n) is 7.01. The summed E-state index contributed by atoms with van der Waals surface area (Å²) in [5.74, 6) is 0. The summed E-state index contributed by atoms with van der Waals surface area (Å²) < 4.78 is 15.8. The Morgan fingerprint density at radius 1 is 0.400 bits per heavy atom. The van der Waals surface area contributed by atoms with Crippen LogP contribution in [0.5, 0.6) is 0 Å². The van der Waals surface area contributed by atoms with Gasteiger partial charge in [0.05, 0.1) is 16.7 Å². The van der Waals surface area contributed by atoms with E-state index in [9.17, 15) is 0 Å². The molecule has 0 amide bonds. The first-order valence-corrected chi connectivity index (χ1v) is 15.2. The number of rotatable bonds is 3. The molecule has 0 saturated carbocycles. The average Bonchev–Trinajstić information content (AvgIpc) is 3.13. The third-order valence-corrected chi connectivity index (χ3v) is 9.00. The highest BCUT2D eigenvalue weighted by atomic mass is 14.8. The minimum atomic E-state index is -1.15. The number of hydrogen-bond acceptors (Lipinski definition) is 2. The van der Waals surface area contributed by atoms with Crippen LogP contribution in [0.25, 0.3) is 87.6 Å². The van der Waals surface area contributed by atoms with Gasteiger partial charge in [-0.1, -0.05) is 140 Å². The molecule has 0 aliphatic heterocycles. The quantitative estimate of drug-likeness (QED) is 0.155. The number of fused-ring (bicyclic) bond motifs is 6. The lowest BCUT2D eigenvalue weighted by Gasteiger charge is -2.19. The zero-order valence-corrected chi connectivity index (χ0v) is 24.4. The van der Waals surface area contributed by atoms with Gasteiger partial charge >= 0.3 is 0 Å². The maximum atomic E-state index is 7.90. The molecule has 0 unspecified atom stereocenters. The van der Waals surface area contributed by atoms with Gasteiger partial charge in [0, 0.05) is 24.8 Å². The maximum Gasteiger partial charge on any atom is 0.0972 e. The van der Waals surface area contributed by atoms with Crippen LogP contribution < -0.4 is 0 Å². The Morgan fingerprint density at radius 2 is 0.889 bits per heavy atom. The van der Waals surface area contributed by atoms with Crippen LogP contribution >= 0.6 is 0 Å². The van der Waals surface area contributed by atoms with Crippen molar-refractivity contribution in [1.82, 2.24) is 9.97 Å². The van der Waals surface area contributed by atoms with E-state index in [4.69, 9.17) is 12.7 Å². The Bertz CT molecular complexity index is 2610. The maximum absolute atomic E-state index is 7.90. The molecule has 9 rings (SSSR count). The number of nitrogens with zero attached hydrogens (tertiary/aromatic N) is 2. The predicted octanol–water partition coefficient (Wildman–Crippen LogP) is 11.6. The molecule has 0 aliphatic rings. The number of pyridine rings is 2. The Kier molecular flexibility index (Phi) is 5.30. The van der Waals surface area contributed by atoms with Crippen LogP contribution in [0.4, 0.5) is 0 Å². The lowest BCUT2D eigenvalue weighted by molar-refractivity contribution is 1.25. The Morgan fingerprint density at radius 3 is 1.53 bits per heavy atom. The third kappa shape index (κ3) is 4.03. The van der Waals surface area contributed by atoms with Gasteiger partial charge in [-0.05, 0) is 73.6 Å². The van der Waals surface area contributed by atoms with Crippen molar-refractivity contribution in [3.05, 3.63) is 157 Å². The number of aryl methyl sites for hydroxylation is 1. The molecule has 9 aromatic rings. The van der Waals surface area contributed by atoms with Gasteiger partial charge in [-0.3, -0.25) is 4.98 Å². The summed E-state index contributed by atoms with van der Waals surface area (Å²) in [6.45, 7) is -1.15. The van der Waals surface area contributed by atoms with Crippen LogP contribution in [0.1, 0.15) is 8.44 Å². The van der Waals surface area contributed by atoms with Gasteiger partial charge in [0.15, 0.2) is 0 Å². The molecule has 2 heterocycles. The third-order valence-electron chi connectivity index (χ3n) is 9.00. The van der Waals surface area contributed by atoms with E-state index < -0.39 is 6.88 Å². The van der Waals surface area contributed by atoms with Crippen molar-refractivity contribution in [3.8, 4) is 33.5 Å². The number of hydrogen-bond donors (Lipinski definition) is 0. The summed E-state index contributed by atoms with van der Waals surface area (Å²) in [5, 5.41) is 9.14. The summed E-state index contributed by atoms with van der Waals surface area (Å²) in [6, 6.07) is 53.3. The first-order valence-electron chi connectivity index (χ1n) is 16.4. The second kappa shape index (κ2) is 10.1. The van der Waals surface area contributed by atoms with Crippen LogP contribution in [0.2, 0.25) is 0 Å². The van der Waals surface area contributed by atoms with E-state index in [-0.39, 0.29) is 0 Å². The summed E-state index contributed by atoms with van der Waals surface area (Å²) in [4.78, 5) is 9.89. The zero-order valence-electron chi connectivity index (χ0n) is 26.4. The van der Waals surface area contributed by atoms with Crippen LogP contribution in [0.3, 0.4) is 0 Å². The minimum absolute atomic E-state index is 0.421. The van der Waals surface area contributed by atoms with Crippen molar-refractivity contribution in [2.75, 3.05) is 0 Å². The molecule has 0 saturated heterocycles. The SMILES string of the molecule is [2H]C([2H])c1ccc2ccc3ccc(-c4ccc(-c5c6ccccc6c(-c6ccccc6)c6ccccc56)c5ccccc45)nc3c2n1. The van der Waals surface area contributed by atoms with Crippen LogP contribution in [-0.4, -0.2) is 9.97 Å². The second-order valence-electron chi connectivity index (χ2n) is 11.6. The largest absolute Gasteiger partial charge is 0.251 e. The molecule has 0 bridgehead atoms. The molecule has 0 N–H and O–H groups in total. The first-order chi connectivity index (χ1) is 23.2. The predicted molar refractivity (Wildman–Crippen MR) is 191 cm³/mol. The highest BCUT2D eigenvalue weighted by molar-refractivity contribution is 6.24. The fourth-order valence-corrected chi connectivity index (χ4v) is 7.01. The van der Waals surface area contributed by atoms with Crippen molar-refractivity contribution < 1.29 is 2.74 Å². The Balaban J connectivity index is 1.31. The summed E-state index contributed by atoms with van der Waals surface area (Å²) in [6.07, 6.45) is 0. The molecule has 0 atom stereocenters. The average molecular weight is 575 g/mol. The van der Waals surface area contributed by atoms with E-state index in [0.29, 0.717) is 5.69 Å². The number of benzene rings is 7. The van der Waals surface area contributed by atoms with E-state index in [0.717, 1.165) is 38.4 Å². The Labute approximate surface area is 264 Å². The van der Waals surface area contributed by atoms with Gasteiger partial charge < -0.3 is 0 Å². The minimum Gasteiger partial charge on any atom is -0.251 e. The van der Waals surface area contributed by atoms with Gasteiger partial charge in [-0.2, -0.15) is 0 Å². The summed E-state index contributed by atoms with van der Waals surface area (Å²) in [7, 11) is 0. The lowest BCUT2D eigenvalue weighted by atomic mass is 9.84.